The molecule has 6 heteroatoms. The van der Waals surface area contributed by atoms with Gasteiger partial charge in [-0.15, -0.1) is 0 Å². The zero-order chi connectivity index (χ0) is 22.7. The van der Waals surface area contributed by atoms with Gasteiger partial charge in [0.05, 0.1) is 19.5 Å². The standard InChI is InChI=1S/C26H32I2N2O2/c1-25-9-7-17(31)13-16(25)3-4-18-19-5-6-23(26(19,2)10-8-20(18)25)30-29-14-15-11-21(27)24(32)22(28)12-15/h3,11-12,14,17-20,31-32H,4-10,13H2,1-2H3/b29-14+,30-23+/t17?,18?,19?,20?,25-,26-/m0/s1. The molecule has 3 saturated carbocycles. The fourth-order valence-electron chi connectivity index (χ4n) is 7.42. The van der Waals surface area contributed by atoms with Crippen molar-refractivity contribution in [3.8, 4) is 5.75 Å². The maximum absolute atomic E-state index is 10.2. The molecule has 4 unspecified atom stereocenters. The van der Waals surface area contributed by atoms with Gasteiger partial charge in [0.1, 0.15) is 5.75 Å². The molecule has 0 radical (unpaired) electrons. The van der Waals surface area contributed by atoms with Gasteiger partial charge >= 0.3 is 0 Å². The van der Waals surface area contributed by atoms with Crippen molar-refractivity contribution >= 4 is 57.1 Å². The van der Waals surface area contributed by atoms with Crippen molar-refractivity contribution in [3.05, 3.63) is 36.5 Å². The Balaban J connectivity index is 1.37. The van der Waals surface area contributed by atoms with Crippen LogP contribution < -0.4 is 0 Å². The summed E-state index contributed by atoms with van der Waals surface area (Å²) >= 11 is 4.31. The summed E-state index contributed by atoms with van der Waals surface area (Å²) in [4.78, 5) is 0. The van der Waals surface area contributed by atoms with Crippen LogP contribution in [-0.2, 0) is 0 Å². The maximum Gasteiger partial charge on any atom is 0.142 e. The van der Waals surface area contributed by atoms with E-state index in [-0.39, 0.29) is 16.9 Å². The first-order chi connectivity index (χ1) is 15.2. The lowest BCUT2D eigenvalue weighted by Crippen LogP contribution is -2.50. The first-order valence-corrected chi connectivity index (χ1v) is 14.0. The third-order valence-corrected chi connectivity index (χ3v) is 10.9. The Morgan fingerprint density at radius 1 is 1.03 bits per heavy atom. The average molecular weight is 658 g/mol. The topological polar surface area (TPSA) is 65.2 Å². The summed E-state index contributed by atoms with van der Waals surface area (Å²) < 4.78 is 1.67. The molecule has 32 heavy (non-hydrogen) atoms. The molecule has 0 saturated heterocycles. The highest BCUT2D eigenvalue weighted by molar-refractivity contribution is 14.1. The van der Waals surface area contributed by atoms with Crippen molar-refractivity contribution in [1.82, 2.24) is 0 Å². The van der Waals surface area contributed by atoms with E-state index in [9.17, 15) is 10.2 Å². The van der Waals surface area contributed by atoms with Crippen molar-refractivity contribution in [2.45, 2.75) is 71.3 Å². The van der Waals surface area contributed by atoms with Crippen LogP contribution in [0.3, 0.4) is 0 Å². The predicted molar refractivity (Wildman–Crippen MR) is 146 cm³/mol. The van der Waals surface area contributed by atoms with E-state index in [1.807, 2.05) is 18.3 Å². The van der Waals surface area contributed by atoms with Crippen molar-refractivity contribution in [2.75, 3.05) is 0 Å². The van der Waals surface area contributed by atoms with Crippen LogP contribution in [0, 0.1) is 35.7 Å². The van der Waals surface area contributed by atoms with Crippen LogP contribution in [0.5, 0.6) is 5.75 Å². The number of allylic oxidation sites excluding steroid dienone is 1. The van der Waals surface area contributed by atoms with E-state index < -0.39 is 0 Å². The molecule has 1 aromatic carbocycles. The zero-order valence-corrected chi connectivity index (χ0v) is 23.1. The second-order valence-electron chi connectivity index (χ2n) is 10.8. The highest BCUT2D eigenvalue weighted by Crippen LogP contribution is 2.64. The van der Waals surface area contributed by atoms with Gasteiger partial charge in [0.2, 0.25) is 0 Å². The van der Waals surface area contributed by atoms with E-state index in [0.29, 0.717) is 11.7 Å². The van der Waals surface area contributed by atoms with Gasteiger partial charge in [-0.3, -0.25) is 0 Å². The summed E-state index contributed by atoms with van der Waals surface area (Å²) in [6.07, 6.45) is 13.1. The van der Waals surface area contributed by atoms with Crippen molar-refractivity contribution < 1.29 is 10.2 Å². The number of aliphatic hydroxyl groups is 1. The van der Waals surface area contributed by atoms with Crippen LogP contribution >= 0.6 is 45.2 Å². The quantitative estimate of drug-likeness (QED) is 0.161. The fourth-order valence-corrected chi connectivity index (χ4v) is 9.24. The Labute approximate surface area is 218 Å². The van der Waals surface area contributed by atoms with Gasteiger partial charge in [-0.1, -0.05) is 25.5 Å². The van der Waals surface area contributed by atoms with E-state index >= 15 is 0 Å². The molecule has 6 atom stereocenters. The number of aromatic hydroxyl groups is 1. The van der Waals surface area contributed by atoms with E-state index in [1.54, 1.807) is 0 Å². The van der Waals surface area contributed by atoms with Crippen LogP contribution in [0.15, 0.2) is 34.0 Å². The molecule has 0 heterocycles. The van der Waals surface area contributed by atoms with Crippen LogP contribution in [0.4, 0.5) is 0 Å². The van der Waals surface area contributed by atoms with Crippen LogP contribution in [0.25, 0.3) is 0 Å². The smallest absolute Gasteiger partial charge is 0.142 e. The molecule has 5 rings (SSSR count). The van der Waals surface area contributed by atoms with Crippen molar-refractivity contribution in [1.29, 1.82) is 0 Å². The van der Waals surface area contributed by atoms with E-state index in [2.05, 4.69) is 70.2 Å². The number of rotatable bonds is 2. The fraction of sp³-hybridized carbons (Fsp3) is 0.615. The van der Waals surface area contributed by atoms with Gasteiger partial charge in [-0.25, -0.2) is 0 Å². The van der Waals surface area contributed by atoms with Crippen LogP contribution in [-0.4, -0.2) is 28.2 Å². The minimum absolute atomic E-state index is 0.136. The molecule has 172 valence electrons. The lowest BCUT2D eigenvalue weighted by Gasteiger charge is -2.57. The molecule has 3 fully saturated rings. The normalized spacial score (nSPS) is 40.2. The largest absolute Gasteiger partial charge is 0.506 e. The summed E-state index contributed by atoms with van der Waals surface area (Å²) in [6.45, 7) is 4.92. The maximum atomic E-state index is 10.2. The Kier molecular flexibility index (Phi) is 6.27. The van der Waals surface area contributed by atoms with Crippen LogP contribution in [0.2, 0.25) is 0 Å². The monoisotopic (exact) mass is 658 g/mol. The van der Waals surface area contributed by atoms with E-state index in [4.69, 9.17) is 5.10 Å². The van der Waals surface area contributed by atoms with Gasteiger partial charge in [-0.2, -0.15) is 10.2 Å². The lowest BCUT2D eigenvalue weighted by atomic mass is 9.48. The molecule has 0 aromatic heterocycles. The first-order valence-electron chi connectivity index (χ1n) is 11.9. The van der Waals surface area contributed by atoms with Crippen LogP contribution in [0.1, 0.15) is 70.8 Å². The summed E-state index contributed by atoms with van der Waals surface area (Å²) in [7, 11) is 0. The first kappa shape index (κ1) is 23.3. The molecule has 4 aliphatic carbocycles. The summed E-state index contributed by atoms with van der Waals surface area (Å²) in [5.74, 6) is 2.50. The van der Waals surface area contributed by atoms with Gasteiger partial charge < -0.3 is 10.2 Å². The number of aliphatic hydroxyl groups excluding tert-OH is 1. The summed E-state index contributed by atoms with van der Waals surface area (Å²) in [5.41, 5.74) is 4.23. The van der Waals surface area contributed by atoms with Gasteiger partial charge in [0, 0.05) is 11.1 Å². The Bertz CT molecular complexity index is 996. The highest BCUT2D eigenvalue weighted by atomic mass is 127. The molecule has 4 aliphatic rings. The number of fused-ring (bicyclic) bond motifs is 5. The van der Waals surface area contributed by atoms with Crippen molar-refractivity contribution in [2.24, 2.45) is 38.8 Å². The molecule has 0 bridgehead atoms. The third kappa shape index (κ3) is 3.80. The van der Waals surface area contributed by atoms with Crippen molar-refractivity contribution in [3.63, 3.8) is 0 Å². The second-order valence-corrected chi connectivity index (χ2v) is 13.1. The molecule has 1 aromatic rings. The predicted octanol–water partition coefficient (Wildman–Crippen LogP) is 6.70. The second kappa shape index (κ2) is 8.63. The Hall–Kier alpha value is -0.480. The van der Waals surface area contributed by atoms with E-state index in [0.717, 1.165) is 50.2 Å². The Morgan fingerprint density at radius 2 is 1.72 bits per heavy atom. The number of benzene rings is 1. The Morgan fingerprint density at radius 3 is 2.47 bits per heavy atom. The zero-order valence-electron chi connectivity index (χ0n) is 18.8. The number of halogens is 2. The molecule has 2 N–H and O–H groups in total. The van der Waals surface area contributed by atoms with Gasteiger partial charge in [-0.05, 0) is 137 Å². The number of nitrogens with zero attached hydrogens (tertiary/aromatic N) is 2. The minimum atomic E-state index is -0.136. The third-order valence-electron chi connectivity index (χ3n) is 9.24. The SMILES string of the molecule is C[C@]12CCC(O)CC1=CCC1C2CC[C@]2(C)/C(=N/N=C/c3cc(I)c(O)c(I)c3)CCC12. The van der Waals surface area contributed by atoms with Gasteiger partial charge in [0.25, 0.3) is 0 Å². The number of phenolic OH excluding ortho intramolecular Hbond substituents is 1. The number of phenols is 1. The number of hydrogen-bond donors (Lipinski definition) is 2. The van der Waals surface area contributed by atoms with Gasteiger partial charge in [0.15, 0.2) is 0 Å². The average Bonchev–Trinajstić information content (AvgIpc) is 3.09. The minimum Gasteiger partial charge on any atom is -0.506 e. The molecule has 0 aliphatic heterocycles. The summed E-state index contributed by atoms with van der Waals surface area (Å²) in [6, 6.07) is 3.89. The highest BCUT2D eigenvalue weighted by Gasteiger charge is 2.57. The molecule has 4 nitrogen and oxygen atoms in total. The molecular weight excluding hydrogens is 626 g/mol. The molecular formula is C26H32I2N2O2. The van der Waals surface area contributed by atoms with E-state index in [1.165, 1.54) is 37.0 Å². The lowest BCUT2D eigenvalue weighted by molar-refractivity contribution is -0.0209. The number of hydrogen-bond acceptors (Lipinski definition) is 4. The summed E-state index contributed by atoms with van der Waals surface area (Å²) in [5, 5.41) is 29.5. The molecule has 0 amide bonds. The molecule has 0 spiro atoms.